The van der Waals surface area contributed by atoms with Crippen molar-refractivity contribution in [1.29, 1.82) is 0 Å². The third kappa shape index (κ3) is 3.22. The lowest BCUT2D eigenvalue weighted by molar-refractivity contribution is 0.649. The summed E-state index contributed by atoms with van der Waals surface area (Å²) in [7, 11) is -0.876. The molecular weight excluding hydrogens is 308 g/mol. The van der Waals surface area contributed by atoms with Crippen molar-refractivity contribution in [3.8, 4) is 0 Å². The Morgan fingerprint density at radius 3 is 2.74 bits per heavy atom. The molecular formula is C17H22N4OS. The number of benzene rings is 1. The van der Waals surface area contributed by atoms with Gasteiger partial charge in [-0.2, -0.15) is 5.10 Å². The molecule has 0 aliphatic heterocycles. The van der Waals surface area contributed by atoms with Crippen LogP contribution in [-0.4, -0.2) is 35.9 Å². The van der Waals surface area contributed by atoms with Crippen LogP contribution in [0, 0.1) is 6.92 Å². The summed E-state index contributed by atoms with van der Waals surface area (Å²) in [5, 5.41) is 8.87. The van der Waals surface area contributed by atoms with Crippen LogP contribution in [0.3, 0.4) is 0 Å². The SMILES string of the molecule is Cc1cc2nc(NCCS(=O)C(C)(C)C)c3ccccc3n2n1. The second kappa shape index (κ2) is 5.92. The molecule has 2 heterocycles. The van der Waals surface area contributed by atoms with Crippen LogP contribution in [0.1, 0.15) is 26.5 Å². The lowest BCUT2D eigenvalue weighted by Crippen LogP contribution is -2.27. The number of nitrogens with zero attached hydrogens (tertiary/aromatic N) is 3. The molecule has 1 aromatic carbocycles. The fourth-order valence-corrected chi connectivity index (χ4v) is 3.38. The first kappa shape index (κ1) is 15.9. The molecule has 2 aromatic heterocycles. The number of nitrogens with one attached hydrogen (secondary N) is 1. The molecule has 0 bridgehead atoms. The summed E-state index contributed by atoms with van der Waals surface area (Å²) >= 11 is 0. The molecule has 23 heavy (non-hydrogen) atoms. The molecule has 122 valence electrons. The van der Waals surface area contributed by atoms with E-state index in [9.17, 15) is 4.21 Å². The van der Waals surface area contributed by atoms with Crippen molar-refractivity contribution in [1.82, 2.24) is 14.6 Å². The minimum Gasteiger partial charge on any atom is -0.369 e. The van der Waals surface area contributed by atoms with Crippen LogP contribution < -0.4 is 5.32 Å². The Labute approximate surface area is 138 Å². The van der Waals surface area contributed by atoms with Crippen LogP contribution in [0.5, 0.6) is 0 Å². The number of aromatic nitrogens is 3. The van der Waals surface area contributed by atoms with Gasteiger partial charge >= 0.3 is 0 Å². The zero-order valence-electron chi connectivity index (χ0n) is 14.0. The van der Waals surface area contributed by atoms with E-state index in [1.54, 1.807) is 0 Å². The average Bonchev–Trinajstić information content (AvgIpc) is 2.86. The highest BCUT2D eigenvalue weighted by Crippen LogP contribution is 2.23. The van der Waals surface area contributed by atoms with E-state index in [2.05, 4.69) is 15.4 Å². The highest BCUT2D eigenvalue weighted by Gasteiger charge is 2.19. The summed E-state index contributed by atoms with van der Waals surface area (Å²) < 4.78 is 13.8. The Bertz CT molecular complexity index is 879. The normalized spacial score (nSPS) is 13.6. The largest absolute Gasteiger partial charge is 0.369 e. The molecule has 0 saturated heterocycles. The second-order valence-electron chi connectivity index (χ2n) is 6.62. The number of para-hydroxylation sites is 1. The Hall–Kier alpha value is -1.95. The van der Waals surface area contributed by atoms with Gasteiger partial charge in [0.2, 0.25) is 0 Å². The molecule has 5 nitrogen and oxygen atoms in total. The molecule has 0 aliphatic carbocycles. The maximum absolute atomic E-state index is 12.2. The number of aryl methyl sites for hydroxylation is 1. The van der Waals surface area contributed by atoms with Crippen LogP contribution in [0.4, 0.5) is 5.82 Å². The Kier molecular flexibility index (Phi) is 4.10. The molecule has 0 radical (unpaired) electrons. The highest BCUT2D eigenvalue weighted by molar-refractivity contribution is 7.86. The third-order valence-corrected chi connectivity index (χ3v) is 5.63. The molecule has 1 N–H and O–H groups in total. The predicted molar refractivity (Wildman–Crippen MR) is 96.5 cm³/mol. The molecule has 3 rings (SSSR count). The van der Waals surface area contributed by atoms with E-state index in [0.717, 1.165) is 28.1 Å². The number of rotatable bonds is 4. The zero-order chi connectivity index (χ0) is 16.6. The van der Waals surface area contributed by atoms with Crippen LogP contribution in [0.15, 0.2) is 30.3 Å². The second-order valence-corrected chi connectivity index (χ2v) is 8.95. The van der Waals surface area contributed by atoms with Gasteiger partial charge in [-0.3, -0.25) is 4.21 Å². The van der Waals surface area contributed by atoms with E-state index in [1.807, 2.05) is 62.5 Å². The van der Waals surface area contributed by atoms with Crippen molar-refractivity contribution < 1.29 is 4.21 Å². The minimum absolute atomic E-state index is 0.191. The van der Waals surface area contributed by atoms with Crippen LogP contribution in [-0.2, 0) is 10.8 Å². The smallest absolute Gasteiger partial charge is 0.158 e. The molecule has 0 amide bonds. The Balaban J connectivity index is 1.92. The Morgan fingerprint density at radius 1 is 1.26 bits per heavy atom. The van der Waals surface area contributed by atoms with Crippen molar-refractivity contribution in [2.75, 3.05) is 17.6 Å². The lowest BCUT2D eigenvalue weighted by Gasteiger charge is -2.18. The van der Waals surface area contributed by atoms with Gasteiger partial charge in [-0.05, 0) is 39.8 Å². The first-order valence-electron chi connectivity index (χ1n) is 7.74. The standard InChI is InChI=1S/C17H22N4OS/c1-12-11-15-19-16(18-9-10-23(22)17(2,3)4)13-7-5-6-8-14(13)21(15)20-12/h5-8,11H,9-10H2,1-4H3,(H,18,19). The zero-order valence-corrected chi connectivity index (χ0v) is 14.8. The van der Waals surface area contributed by atoms with Crippen molar-refractivity contribution in [3.05, 3.63) is 36.0 Å². The van der Waals surface area contributed by atoms with Crippen molar-refractivity contribution in [3.63, 3.8) is 0 Å². The van der Waals surface area contributed by atoms with Gasteiger partial charge in [0.25, 0.3) is 0 Å². The van der Waals surface area contributed by atoms with E-state index < -0.39 is 10.8 Å². The first-order valence-corrected chi connectivity index (χ1v) is 9.05. The maximum Gasteiger partial charge on any atom is 0.158 e. The lowest BCUT2D eigenvalue weighted by atomic mass is 10.2. The van der Waals surface area contributed by atoms with E-state index in [1.165, 1.54) is 0 Å². The van der Waals surface area contributed by atoms with Crippen molar-refractivity contribution in [2.24, 2.45) is 0 Å². The predicted octanol–water partition coefficient (Wildman–Crippen LogP) is 3.15. The number of hydrogen-bond donors (Lipinski definition) is 1. The molecule has 0 saturated carbocycles. The molecule has 3 aromatic rings. The van der Waals surface area contributed by atoms with Gasteiger partial charge in [-0.15, -0.1) is 0 Å². The fourth-order valence-electron chi connectivity index (χ4n) is 2.48. The summed E-state index contributed by atoms with van der Waals surface area (Å²) in [6.45, 7) is 8.58. The van der Waals surface area contributed by atoms with Gasteiger partial charge in [0.15, 0.2) is 5.65 Å². The number of fused-ring (bicyclic) bond motifs is 3. The summed E-state index contributed by atoms with van der Waals surface area (Å²) in [6, 6.07) is 10.0. The van der Waals surface area contributed by atoms with Crippen LogP contribution >= 0.6 is 0 Å². The van der Waals surface area contributed by atoms with E-state index in [-0.39, 0.29) is 4.75 Å². The van der Waals surface area contributed by atoms with Gasteiger partial charge < -0.3 is 5.32 Å². The van der Waals surface area contributed by atoms with Gasteiger partial charge in [-0.25, -0.2) is 9.50 Å². The minimum atomic E-state index is -0.876. The quantitative estimate of drug-likeness (QED) is 0.798. The van der Waals surface area contributed by atoms with Gasteiger partial charge in [0, 0.05) is 39.3 Å². The van der Waals surface area contributed by atoms with Crippen LogP contribution in [0.25, 0.3) is 16.6 Å². The van der Waals surface area contributed by atoms with Crippen LogP contribution in [0.2, 0.25) is 0 Å². The van der Waals surface area contributed by atoms with E-state index >= 15 is 0 Å². The summed E-state index contributed by atoms with van der Waals surface area (Å²) in [4.78, 5) is 4.67. The van der Waals surface area contributed by atoms with E-state index in [0.29, 0.717) is 12.3 Å². The summed E-state index contributed by atoms with van der Waals surface area (Å²) in [5.41, 5.74) is 2.78. The fraction of sp³-hybridized carbons (Fsp3) is 0.412. The van der Waals surface area contributed by atoms with E-state index in [4.69, 9.17) is 0 Å². The maximum atomic E-state index is 12.2. The first-order chi connectivity index (χ1) is 10.9. The van der Waals surface area contributed by atoms with Crippen molar-refractivity contribution >= 4 is 33.2 Å². The van der Waals surface area contributed by atoms with Gasteiger partial charge in [0.05, 0.1) is 11.2 Å². The van der Waals surface area contributed by atoms with Gasteiger partial charge in [0.1, 0.15) is 5.82 Å². The molecule has 0 spiro atoms. The molecule has 6 heteroatoms. The summed E-state index contributed by atoms with van der Waals surface area (Å²) in [6.07, 6.45) is 0. The topological polar surface area (TPSA) is 59.3 Å². The highest BCUT2D eigenvalue weighted by atomic mass is 32.2. The van der Waals surface area contributed by atoms with Gasteiger partial charge in [-0.1, -0.05) is 12.1 Å². The Morgan fingerprint density at radius 2 is 2.00 bits per heavy atom. The molecule has 1 unspecified atom stereocenters. The summed E-state index contributed by atoms with van der Waals surface area (Å²) in [5.74, 6) is 1.42. The molecule has 0 fully saturated rings. The number of hydrogen-bond acceptors (Lipinski definition) is 4. The monoisotopic (exact) mass is 330 g/mol. The number of anilines is 1. The van der Waals surface area contributed by atoms with Crippen molar-refractivity contribution in [2.45, 2.75) is 32.4 Å². The third-order valence-electron chi connectivity index (χ3n) is 3.69. The molecule has 1 atom stereocenters. The molecule has 0 aliphatic rings. The average molecular weight is 330 g/mol.